The molecule has 0 bridgehead atoms. The average Bonchev–Trinajstić information content (AvgIpc) is 3.15. The monoisotopic (exact) mass is 374 g/mol. The van der Waals surface area contributed by atoms with Crippen molar-refractivity contribution in [1.29, 1.82) is 0 Å². The summed E-state index contributed by atoms with van der Waals surface area (Å²) in [6.07, 6.45) is 6.37. The maximum atomic E-state index is 12.3. The van der Waals surface area contributed by atoms with Gasteiger partial charge in [-0.05, 0) is 49.9 Å². The van der Waals surface area contributed by atoms with Crippen molar-refractivity contribution in [3.05, 3.63) is 24.3 Å². The lowest BCUT2D eigenvalue weighted by Gasteiger charge is -2.22. The van der Waals surface area contributed by atoms with E-state index in [1.54, 1.807) is 7.11 Å². The van der Waals surface area contributed by atoms with Gasteiger partial charge in [-0.3, -0.25) is 9.89 Å². The number of ether oxygens (including phenoxy) is 1. The maximum Gasteiger partial charge on any atom is 0.233 e. The Labute approximate surface area is 158 Å². The Morgan fingerprint density at radius 1 is 1.31 bits per heavy atom. The summed E-state index contributed by atoms with van der Waals surface area (Å²) in [5.41, 5.74) is 0.930. The molecule has 1 aromatic heterocycles. The van der Waals surface area contributed by atoms with E-state index in [2.05, 4.69) is 20.5 Å². The third kappa shape index (κ3) is 5.00. The number of aromatic nitrogens is 3. The Kier molecular flexibility index (Phi) is 6.55. The number of hydrogen-bond acceptors (Lipinski definition) is 5. The molecule has 1 amide bonds. The molecule has 1 atom stereocenters. The number of nitrogens with zero attached hydrogens (tertiary/aromatic N) is 2. The molecule has 1 fully saturated rings. The van der Waals surface area contributed by atoms with Gasteiger partial charge in [0.05, 0.1) is 12.4 Å². The number of H-pyrrole nitrogens is 1. The topological polar surface area (TPSA) is 79.9 Å². The molecule has 6 nitrogen and oxygen atoms in total. The third-order valence-electron chi connectivity index (χ3n) is 4.77. The first-order chi connectivity index (χ1) is 12.7. The van der Waals surface area contributed by atoms with E-state index in [1.807, 2.05) is 31.2 Å². The molecule has 26 heavy (non-hydrogen) atoms. The summed E-state index contributed by atoms with van der Waals surface area (Å²) in [5, 5.41) is 10.6. The number of nitrogens with one attached hydrogen (secondary N) is 2. The van der Waals surface area contributed by atoms with Gasteiger partial charge in [0, 0.05) is 12.1 Å². The summed E-state index contributed by atoms with van der Waals surface area (Å²) in [4.78, 5) is 16.8. The molecule has 1 aliphatic rings. The van der Waals surface area contributed by atoms with E-state index >= 15 is 0 Å². The first-order valence-electron chi connectivity index (χ1n) is 9.17. The molecule has 0 saturated heterocycles. The Bertz CT molecular complexity index is 711. The van der Waals surface area contributed by atoms with Crippen LogP contribution in [0.15, 0.2) is 29.4 Å². The van der Waals surface area contributed by atoms with Gasteiger partial charge >= 0.3 is 0 Å². The van der Waals surface area contributed by atoms with Crippen molar-refractivity contribution in [3.8, 4) is 17.1 Å². The van der Waals surface area contributed by atoms with E-state index in [0.29, 0.717) is 16.9 Å². The second kappa shape index (κ2) is 9.07. The second-order valence-electron chi connectivity index (χ2n) is 6.70. The second-order valence-corrected chi connectivity index (χ2v) is 8.01. The highest BCUT2D eigenvalue weighted by atomic mass is 32.2. The molecule has 140 valence electrons. The van der Waals surface area contributed by atoms with Crippen LogP contribution in [0.3, 0.4) is 0 Å². The van der Waals surface area contributed by atoms with Crippen molar-refractivity contribution in [2.24, 2.45) is 5.92 Å². The van der Waals surface area contributed by atoms with Crippen LogP contribution in [-0.4, -0.2) is 40.0 Å². The van der Waals surface area contributed by atoms with Crippen LogP contribution in [0.2, 0.25) is 0 Å². The number of methoxy groups -OCH3 is 1. The number of benzene rings is 1. The van der Waals surface area contributed by atoms with E-state index < -0.39 is 0 Å². The predicted molar refractivity (Wildman–Crippen MR) is 103 cm³/mol. The first kappa shape index (κ1) is 18.8. The highest BCUT2D eigenvalue weighted by molar-refractivity contribution is 8.00. The number of rotatable bonds is 7. The van der Waals surface area contributed by atoms with E-state index in [1.165, 1.54) is 43.9 Å². The summed E-state index contributed by atoms with van der Waals surface area (Å²) in [6.45, 7) is 2.68. The molecule has 0 aliphatic heterocycles. The van der Waals surface area contributed by atoms with Crippen molar-refractivity contribution in [3.63, 3.8) is 0 Å². The van der Waals surface area contributed by atoms with Gasteiger partial charge in [-0.1, -0.05) is 31.0 Å². The molecule has 2 aromatic rings. The van der Waals surface area contributed by atoms with Crippen LogP contribution in [-0.2, 0) is 4.79 Å². The fraction of sp³-hybridized carbons (Fsp3) is 0.526. The number of aromatic amines is 1. The zero-order valence-electron chi connectivity index (χ0n) is 15.3. The summed E-state index contributed by atoms with van der Waals surface area (Å²) in [7, 11) is 1.64. The van der Waals surface area contributed by atoms with Gasteiger partial charge in [0.25, 0.3) is 0 Å². The molecule has 1 aromatic carbocycles. The Morgan fingerprint density at radius 2 is 2.04 bits per heavy atom. The van der Waals surface area contributed by atoms with E-state index in [4.69, 9.17) is 4.74 Å². The Hall–Kier alpha value is -2.02. The minimum atomic E-state index is -0.224. The van der Waals surface area contributed by atoms with Crippen LogP contribution in [0.1, 0.15) is 39.0 Å². The fourth-order valence-electron chi connectivity index (χ4n) is 3.17. The fourth-order valence-corrected chi connectivity index (χ4v) is 3.92. The van der Waals surface area contributed by atoms with E-state index in [0.717, 1.165) is 17.9 Å². The van der Waals surface area contributed by atoms with E-state index in [-0.39, 0.29) is 11.2 Å². The number of amides is 1. The highest BCUT2D eigenvalue weighted by Crippen LogP contribution is 2.25. The van der Waals surface area contributed by atoms with Crippen molar-refractivity contribution < 1.29 is 9.53 Å². The SMILES string of the molecule is COc1ccc(-c2nc(S[C@@H](C)C(=O)NCC3CCCCC3)n[nH]2)cc1. The van der Waals surface area contributed by atoms with Gasteiger partial charge in [-0.15, -0.1) is 5.10 Å². The van der Waals surface area contributed by atoms with Crippen LogP contribution < -0.4 is 10.1 Å². The van der Waals surface area contributed by atoms with Gasteiger partial charge in [-0.25, -0.2) is 4.98 Å². The van der Waals surface area contributed by atoms with Gasteiger partial charge in [-0.2, -0.15) is 0 Å². The minimum absolute atomic E-state index is 0.0522. The van der Waals surface area contributed by atoms with Crippen molar-refractivity contribution in [1.82, 2.24) is 20.5 Å². The lowest BCUT2D eigenvalue weighted by Crippen LogP contribution is -2.35. The number of carbonyl (C=O) groups is 1. The quantitative estimate of drug-likeness (QED) is 0.723. The third-order valence-corrected chi connectivity index (χ3v) is 5.73. The highest BCUT2D eigenvalue weighted by Gasteiger charge is 2.19. The molecular formula is C19H26N4O2S. The average molecular weight is 375 g/mol. The van der Waals surface area contributed by atoms with Gasteiger partial charge in [0.1, 0.15) is 5.75 Å². The normalized spacial score (nSPS) is 16.2. The molecule has 2 N–H and O–H groups in total. The van der Waals surface area contributed by atoms with E-state index in [9.17, 15) is 4.79 Å². The predicted octanol–water partition coefficient (Wildman–Crippen LogP) is 3.66. The summed E-state index contributed by atoms with van der Waals surface area (Å²) in [6, 6.07) is 7.61. The van der Waals surface area contributed by atoms with Crippen LogP contribution in [0, 0.1) is 5.92 Å². The summed E-state index contributed by atoms with van der Waals surface area (Å²) >= 11 is 1.37. The number of carbonyl (C=O) groups excluding carboxylic acids is 1. The lowest BCUT2D eigenvalue weighted by molar-refractivity contribution is -0.120. The molecule has 1 heterocycles. The summed E-state index contributed by atoms with van der Waals surface area (Å²) < 4.78 is 5.16. The molecule has 7 heteroatoms. The van der Waals surface area contributed by atoms with Crippen molar-refractivity contribution >= 4 is 17.7 Å². The lowest BCUT2D eigenvalue weighted by atomic mass is 9.89. The largest absolute Gasteiger partial charge is 0.497 e. The van der Waals surface area contributed by atoms with Gasteiger partial charge in [0.15, 0.2) is 5.82 Å². The van der Waals surface area contributed by atoms with Crippen LogP contribution in [0.25, 0.3) is 11.4 Å². The Morgan fingerprint density at radius 3 is 2.73 bits per heavy atom. The molecule has 0 radical (unpaired) electrons. The zero-order chi connectivity index (χ0) is 18.4. The van der Waals surface area contributed by atoms with Gasteiger partial charge in [0.2, 0.25) is 11.1 Å². The Balaban J connectivity index is 1.51. The number of thioether (sulfide) groups is 1. The standard InChI is InChI=1S/C19H26N4O2S/c1-13(18(24)20-12-14-6-4-3-5-7-14)26-19-21-17(22-23-19)15-8-10-16(25-2)11-9-15/h8-11,13-14H,3-7,12H2,1-2H3,(H,20,24)(H,21,22,23)/t13-/m0/s1. The minimum Gasteiger partial charge on any atom is -0.497 e. The molecular weight excluding hydrogens is 348 g/mol. The van der Waals surface area contributed by atoms with Crippen molar-refractivity contribution in [2.75, 3.05) is 13.7 Å². The zero-order valence-corrected chi connectivity index (χ0v) is 16.1. The van der Waals surface area contributed by atoms with Gasteiger partial charge < -0.3 is 10.1 Å². The molecule has 1 aliphatic carbocycles. The van der Waals surface area contributed by atoms with Crippen LogP contribution >= 0.6 is 11.8 Å². The molecule has 0 unspecified atom stereocenters. The van der Waals surface area contributed by atoms with Crippen LogP contribution in [0.4, 0.5) is 0 Å². The maximum absolute atomic E-state index is 12.3. The van der Waals surface area contributed by atoms with Crippen molar-refractivity contribution in [2.45, 2.75) is 49.4 Å². The molecule has 3 rings (SSSR count). The van der Waals surface area contributed by atoms with Crippen LogP contribution in [0.5, 0.6) is 5.75 Å². The molecule has 0 spiro atoms. The number of hydrogen-bond donors (Lipinski definition) is 2. The summed E-state index contributed by atoms with van der Waals surface area (Å²) in [5.74, 6) is 2.17. The smallest absolute Gasteiger partial charge is 0.233 e. The molecule has 1 saturated carbocycles. The first-order valence-corrected chi connectivity index (χ1v) is 10.0.